The minimum atomic E-state index is -4.02. The Labute approximate surface area is 117 Å². The van der Waals surface area contributed by atoms with Crippen LogP contribution in [-0.2, 0) is 16.6 Å². The Morgan fingerprint density at radius 3 is 2.55 bits per heavy atom. The number of rotatable bonds is 6. The first-order chi connectivity index (χ1) is 9.44. The van der Waals surface area contributed by atoms with E-state index in [0.717, 1.165) is 31.4 Å². The summed E-state index contributed by atoms with van der Waals surface area (Å²) >= 11 is 0. The van der Waals surface area contributed by atoms with Crippen molar-refractivity contribution in [3.63, 3.8) is 0 Å². The summed E-state index contributed by atoms with van der Waals surface area (Å²) in [5.41, 5.74) is 0.385. The van der Waals surface area contributed by atoms with Gasteiger partial charge in [0.2, 0.25) is 10.0 Å². The third-order valence-electron chi connectivity index (χ3n) is 3.51. The molecule has 0 saturated heterocycles. The van der Waals surface area contributed by atoms with Gasteiger partial charge < -0.3 is 5.32 Å². The molecule has 2 N–H and O–H groups in total. The Morgan fingerprint density at radius 1 is 1.30 bits per heavy atom. The van der Waals surface area contributed by atoms with Crippen LogP contribution in [-0.4, -0.2) is 22.0 Å². The summed E-state index contributed by atoms with van der Waals surface area (Å²) in [6.45, 7) is 0.544. The summed E-state index contributed by atoms with van der Waals surface area (Å²) in [4.78, 5) is -0.623. The first-order valence-corrected chi connectivity index (χ1v) is 8.04. The molecule has 0 bridgehead atoms. The van der Waals surface area contributed by atoms with Gasteiger partial charge in [0.25, 0.3) is 0 Å². The summed E-state index contributed by atoms with van der Waals surface area (Å²) in [6.07, 6.45) is 3.03. The number of nitrogens with one attached hydrogen (secondary N) is 2. The number of halogens is 2. The molecular weight excluding hydrogens is 286 g/mol. The topological polar surface area (TPSA) is 58.2 Å². The van der Waals surface area contributed by atoms with Gasteiger partial charge in [-0.15, -0.1) is 0 Å². The van der Waals surface area contributed by atoms with Gasteiger partial charge in [0.15, 0.2) is 11.6 Å². The van der Waals surface area contributed by atoms with Crippen molar-refractivity contribution in [2.24, 2.45) is 5.92 Å². The highest BCUT2D eigenvalue weighted by Gasteiger charge is 2.25. The largest absolute Gasteiger partial charge is 0.316 e. The molecule has 7 heteroatoms. The highest BCUT2D eigenvalue weighted by molar-refractivity contribution is 7.89. The normalized spacial score (nSPS) is 16.1. The lowest BCUT2D eigenvalue weighted by Gasteiger charge is -2.25. The monoisotopic (exact) mass is 304 g/mol. The lowest BCUT2D eigenvalue weighted by Crippen LogP contribution is -2.33. The zero-order chi connectivity index (χ0) is 14.8. The molecule has 1 saturated carbocycles. The number of benzene rings is 1. The van der Waals surface area contributed by atoms with E-state index in [1.165, 1.54) is 0 Å². The molecule has 0 spiro atoms. The van der Waals surface area contributed by atoms with Crippen LogP contribution < -0.4 is 10.0 Å². The zero-order valence-electron chi connectivity index (χ0n) is 11.2. The molecule has 0 heterocycles. The maximum Gasteiger partial charge on any atom is 0.243 e. The van der Waals surface area contributed by atoms with E-state index in [9.17, 15) is 17.2 Å². The average molecular weight is 304 g/mol. The average Bonchev–Trinajstić information content (AvgIpc) is 2.31. The van der Waals surface area contributed by atoms with Gasteiger partial charge in [-0.25, -0.2) is 21.9 Å². The maximum atomic E-state index is 13.7. The van der Waals surface area contributed by atoms with Gasteiger partial charge in [0.1, 0.15) is 4.90 Å². The van der Waals surface area contributed by atoms with Crippen molar-refractivity contribution in [2.45, 2.75) is 30.7 Å². The molecule has 112 valence electrons. The molecule has 1 fully saturated rings. The van der Waals surface area contributed by atoms with Crippen molar-refractivity contribution in [1.29, 1.82) is 0 Å². The number of sulfonamides is 1. The van der Waals surface area contributed by atoms with Gasteiger partial charge in [0, 0.05) is 13.1 Å². The minimum Gasteiger partial charge on any atom is -0.316 e. The number of hydrogen-bond acceptors (Lipinski definition) is 3. The molecule has 1 aliphatic carbocycles. The summed E-state index contributed by atoms with van der Waals surface area (Å²) in [5, 5.41) is 2.77. The molecule has 0 aliphatic heterocycles. The first-order valence-electron chi connectivity index (χ1n) is 6.56. The van der Waals surface area contributed by atoms with Gasteiger partial charge in [-0.1, -0.05) is 6.42 Å². The predicted molar refractivity (Wildman–Crippen MR) is 71.7 cm³/mol. The van der Waals surface area contributed by atoms with Gasteiger partial charge in [0.05, 0.1) is 0 Å². The molecule has 2 rings (SSSR count). The van der Waals surface area contributed by atoms with Crippen LogP contribution in [0.15, 0.2) is 17.0 Å². The van der Waals surface area contributed by atoms with E-state index in [1.807, 2.05) is 0 Å². The van der Waals surface area contributed by atoms with Gasteiger partial charge in [-0.05, 0) is 43.5 Å². The van der Waals surface area contributed by atoms with Gasteiger partial charge in [-0.3, -0.25) is 0 Å². The summed E-state index contributed by atoms with van der Waals surface area (Å²) in [7, 11) is -2.38. The zero-order valence-corrected chi connectivity index (χ0v) is 12.1. The predicted octanol–water partition coefficient (Wildman–Crippen LogP) is 1.76. The van der Waals surface area contributed by atoms with Crippen LogP contribution in [0.1, 0.15) is 24.8 Å². The van der Waals surface area contributed by atoms with Crippen molar-refractivity contribution < 1.29 is 17.2 Å². The second kappa shape index (κ2) is 6.15. The van der Waals surface area contributed by atoms with E-state index >= 15 is 0 Å². The Balaban J connectivity index is 2.24. The van der Waals surface area contributed by atoms with E-state index in [1.54, 1.807) is 7.05 Å². The van der Waals surface area contributed by atoms with Crippen LogP contribution in [0.3, 0.4) is 0 Å². The minimum absolute atomic E-state index is 0.266. The van der Waals surface area contributed by atoms with E-state index in [2.05, 4.69) is 10.0 Å². The second-order valence-electron chi connectivity index (χ2n) is 5.07. The lowest BCUT2D eigenvalue weighted by molar-refractivity contribution is 0.316. The molecule has 0 aromatic heterocycles. The molecule has 20 heavy (non-hydrogen) atoms. The highest BCUT2D eigenvalue weighted by atomic mass is 32.2. The summed E-state index contributed by atoms with van der Waals surface area (Å²) in [6, 6.07) is 2.16. The van der Waals surface area contributed by atoms with Crippen LogP contribution in [0.4, 0.5) is 8.78 Å². The Morgan fingerprint density at radius 2 is 2.00 bits per heavy atom. The lowest BCUT2D eigenvalue weighted by atomic mass is 9.86. The van der Waals surface area contributed by atoms with Crippen LogP contribution in [0, 0.1) is 17.6 Å². The van der Waals surface area contributed by atoms with Crippen LogP contribution >= 0.6 is 0 Å². The molecule has 0 amide bonds. The van der Waals surface area contributed by atoms with Crippen molar-refractivity contribution in [2.75, 3.05) is 13.6 Å². The van der Waals surface area contributed by atoms with Crippen LogP contribution in [0.2, 0.25) is 0 Å². The number of hydrogen-bond donors (Lipinski definition) is 2. The molecule has 0 unspecified atom stereocenters. The summed E-state index contributed by atoms with van der Waals surface area (Å²) in [5.74, 6) is -2.18. The van der Waals surface area contributed by atoms with Crippen LogP contribution in [0.5, 0.6) is 0 Å². The Hall–Kier alpha value is -1.05. The third kappa shape index (κ3) is 3.34. The Bertz CT molecular complexity index is 586. The second-order valence-corrected chi connectivity index (χ2v) is 6.80. The standard InChI is InChI=1S/C13H18F2N2O2S/c1-16-7-10-5-11(14)13(15)12(6-10)20(18,19)17-8-9-3-2-4-9/h5-6,9,16-17H,2-4,7-8H2,1H3. The quantitative estimate of drug-likeness (QED) is 0.842. The molecule has 1 aromatic carbocycles. The molecule has 0 radical (unpaired) electrons. The molecule has 4 nitrogen and oxygen atoms in total. The fourth-order valence-corrected chi connectivity index (χ4v) is 3.37. The fourth-order valence-electron chi connectivity index (χ4n) is 2.12. The fraction of sp³-hybridized carbons (Fsp3) is 0.538. The third-order valence-corrected chi connectivity index (χ3v) is 4.93. The molecule has 1 aliphatic rings. The molecule has 1 aromatic rings. The van der Waals surface area contributed by atoms with E-state index in [-0.39, 0.29) is 13.1 Å². The van der Waals surface area contributed by atoms with E-state index < -0.39 is 26.6 Å². The molecular formula is C13H18F2N2O2S. The smallest absolute Gasteiger partial charge is 0.243 e. The van der Waals surface area contributed by atoms with Crippen molar-refractivity contribution in [3.8, 4) is 0 Å². The maximum absolute atomic E-state index is 13.7. The van der Waals surface area contributed by atoms with Crippen molar-refractivity contribution in [1.82, 2.24) is 10.0 Å². The Kier molecular flexibility index (Phi) is 4.72. The summed E-state index contributed by atoms with van der Waals surface area (Å²) < 4.78 is 53.7. The van der Waals surface area contributed by atoms with E-state index in [4.69, 9.17) is 0 Å². The molecule has 0 atom stereocenters. The van der Waals surface area contributed by atoms with E-state index in [0.29, 0.717) is 11.5 Å². The highest BCUT2D eigenvalue weighted by Crippen LogP contribution is 2.26. The SMILES string of the molecule is CNCc1cc(F)c(F)c(S(=O)(=O)NCC2CCC2)c1. The first kappa shape index (κ1) is 15.3. The van der Waals surface area contributed by atoms with Gasteiger partial charge in [-0.2, -0.15) is 0 Å². The van der Waals surface area contributed by atoms with Gasteiger partial charge >= 0.3 is 0 Å². The van der Waals surface area contributed by atoms with Crippen molar-refractivity contribution >= 4 is 10.0 Å². The van der Waals surface area contributed by atoms with Crippen molar-refractivity contribution in [3.05, 3.63) is 29.3 Å². The van der Waals surface area contributed by atoms with Crippen LogP contribution in [0.25, 0.3) is 0 Å².